The third-order valence-corrected chi connectivity index (χ3v) is 9.88. The van der Waals surface area contributed by atoms with E-state index in [0.29, 0.717) is 58.8 Å². The van der Waals surface area contributed by atoms with Crippen LogP contribution in [0, 0.1) is 17.5 Å². The molecular formula is C34H25F3N6O3S. The molecule has 1 unspecified atom stereocenters. The minimum absolute atomic E-state index is 0.130. The third-order valence-electron chi connectivity index (χ3n) is 8.71. The Morgan fingerprint density at radius 1 is 0.957 bits per heavy atom. The molecule has 6 aromatic rings. The van der Waals surface area contributed by atoms with Gasteiger partial charge < -0.3 is 10.2 Å². The number of H-pyrrole nitrogens is 1. The Morgan fingerprint density at radius 2 is 1.79 bits per heavy atom. The zero-order valence-corrected chi connectivity index (χ0v) is 25.5. The summed E-state index contributed by atoms with van der Waals surface area (Å²) < 4.78 is 46.7. The molecule has 1 saturated heterocycles. The summed E-state index contributed by atoms with van der Waals surface area (Å²) in [5, 5.41) is 8.11. The van der Waals surface area contributed by atoms with Gasteiger partial charge in [-0.2, -0.15) is 0 Å². The maximum Gasteiger partial charge on any atom is 0.439 e. The molecule has 8 rings (SSSR count). The number of halogens is 3. The summed E-state index contributed by atoms with van der Waals surface area (Å²) >= 11 is 1.40. The van der Waals surface area contributed by atoms with Gasteiger partial charge in [0.05, 0.1) is 33.3 Å². The van der Waals surface area contributed by atoms with E-state index in [2.05, 4.69) is 20.4 Å². The first-order chi connectivity index (χ1) is 22.8. The monoisotopic (exact) mass is 654 g/mol. The lowest BCUT2D eigenvalue weighted by molar-refractivity contribution is 0.0776. The lowest BCUT2D eigenvalue weighted by Crippen LogP contribution is -2.22. The SMILES string of the molecule is O=C1c2c(nc(CCc3ccc(F)cc3)c(-c3noc(=O)[nH]3)c2-c2cc3ccnc(NCc4ccc(F)c(F)c4)c3s2)C2CCCN12. The van der Waals surface area contributed by atoms with Crippen LogP contribution in [-0.4, -0.2) is 37.5 Å². The van der Waals surface area contributed by atoms with E-state index < -0.39 is 17.4 Å². The number of benzene rings is 2. The number of hydrogen-bond acceptors (Lipinski definition) is 8. The van der Waals surface area contributed by atoms with E-state index in [1.807, 2.05) is 17.0 Å². The quantitative estimate of drug-likeness (QED) is 0.185. The minimum atomic E-state index is -0.931. The topological polar surface area (TPSA) is 117 Å². The van der Waals surface area contributed by atoms with Gasteiger partial charge in [0.25, 0.3) is 5.91 Å². The molecule has 13 heteroatoms. The van der Waals surface area contributed by atoms with Crippen LogP contribution in [0.25, 0.3) is 31.9 Å². The summed E-state index contributed by atoms with van der Waals surface area (Å²) in [5.74, 6) is -2.36. The third kappa shape index (κ3) is 5.16. The number of carbonyl (C=O) groups excluding carboxylic acids is 1. The van der Waals surface area contributed by atoms with Crippen LogP contribution in [0.4, 0.5) is 19.0 Å². The van der Waals surface area contributed by atoms with Crippen molar-refractivity contribution in [3.8, 4) is 21.8 Å². The average molecular weight is 655 g/mol. The number of pyridine rings is 2. The van der Waals surface area contributed by atoms with Crippen LogP contribution in [0.3, 0.4) is 0 Å². The van der Waals surface area contributed by atoms with Crippen molar-refractivity contribution in [3.05, 3.63) is 117 Å². The fraction of sp³-hybridized carbons (Fsp3) is 0.206. The van der Waals surface area contributed by atoms with Crippen molar-refractivity contribution < 1.29 is 22.5 Å². The second-order valence-corrected chi connectivity index (χ2v) is 12.6. The van der Waals surface area contributed by atoms with Gasteiger partial charge in [-0.15, -0.1) is 11.3 Å². The molecule has 4 aromatic heterocycles. The van der Waals surface area contributed by atoms with Crippen molar-refractivity contribution in [2.75, 3.05) is 11.9 Å². The van der Waals surface area contributed by atoms with Crippen LogP contribution in [0.15, 0.2) is 70.1 Å². The fourth-order valence-corrected chi connectivity index (χ4v) is 7.71. The lowest BCUT2D eigenvalue weighted by atomic mass is 9.92. The molecule has 0 radical (unpaired) electrons. The Morgan fingerprint density at radius 3 is 2.57 bits per heavy atom. The fourth-order valence-electron chi connectivity index (χ4n) is 6.53. The molecule has 1 amide bonds. The number of hydrogen-bond donors (Lipinski definition) is 2. The first-order valence-corrected chi connectivity index (χ1v) is 15.9. The molecule has 2 N–H and O–H groups in total. The number of aromatic amines is 1. The number of aromatic nitrogens is 4. The predicted molar refractivity (Wildman–Crippen MR) is 169 cm³/mol. The van der Waals surface area contributed by atoms with Crippen molar-refractivity contribution >= 4 is 33.1 Å². The van der Waals surface area contributed by atoms with E-state index in [1.54, 1.807) is 18.3 Å². The Kier molecular flexibility index (Phi) is 7.12. The molecule has 9 nitrogen and oxygen atoms in total. The van der Waals surface area contributed by atoms with Crippen LogP contribution in [0.1, 0.15) is 51.8 Å². The number of thiophene rings is 1. The van der Waals surface area contributed by atoms with Gasteiger partial charge in [0.2, 0.25) is 0 Å². The number of carbonyl (C=O) groups is 1. The normalized spacial score (nSPS) is 15.4. The highest BCUT2D eigenvalue weighted by atomic mass is 32.1. The average Bonchev–Trinajstić information content (AvgIpc) is 3.87. The highest BCUT2D eigenvalue weighted by Crippen LogP contribution is 2.50. The van der Waals surface area contributed by atoms with Crippen molar-refractivity contribution in [2.45, 2.75) is 38.3 Å². The van der Waals surface area contributed by atoms with Crippen molar-refractivity contribution in [3.63, 3.8) is 0 Å². The Hall–Kier alpha value is -5.30. The molecule has 0 bridgehead atoms. The Labute approximate surface area is 269 Å². The van der Waals surface area contributed by atoms with E-state index in [9.17, 15) is 22.8 Å². The largest absolute Gasteiger partial charge is 0.439 e. The highest BCUT2D eigenvalue weighted by Gasteiger charge is 2.44. The number of nitrogens with zero attached hydrogens (tertiary/aromatic N) is 4. The van der Waals surface area contributed by atoms with E-state index in [-0.39, 0.29) is 30.1 Å². The van der Waals surface area contributed by atoms with Crippen molar-refractivity contribution in [1.82, 2.24) is 25.0 Å². The molecule has 6 heterocycles. The summed E-state index contributed by atoms with van der Waals surface area (Å²) in [4.78, 5) is 41.1. The van der Waals surface area contributed by atoms with Crippen LogP contribution in [0.2, 0.25) is 0 Å². The molecule has 2 aromatic carbocycles. The summed E-state index contributed by atoms with van der Waals surface area (Å²) in [6, 6.07) is 13.6. The van der Waals surface area contributed by atoms with Gasteiger partial charge in [0.15, 0.2) is 17.5 Å². The predicted octanol–water partition coefficient (Wildman–Crippen LogP) is 6.81. The second-order valence-electron chi connectivity index (χ2n) is 11.6. The standard InChI is InChI=1S/C34H25F3N6O3S/c35-20-7-3-17(4-8-20)6-10-23-26(31-41-34(45)46-42-31)27(28-29(40-23)24-2-1-13-43(24)33(28)44)25-15-19-11-12-38-32(30(19)47-25)39-16-18-5-9-21(36)22(37)14-18/h3-5,7-9,11-12,14-15,24H,1-2,6,10,13,16H2,(H,38,39)(H,41,42,45). The number of fused-ring (bicyclic) bond motifs is 4. The van der Waals surface area contributed by atoms with E-state index in [4.69, 9.17) is 9.51 Å². The summed E-state index contributed by atoms with van der Waals surface area (Å²) in [5.41, 5.74) is 4.32. The van der Waals surface area contributed by atoms with Crippen molar-refractivity contribution in [1.29, 1.82) is 0 Å². The molecule has 0 spiro atoms. The van der Waals surface area contributed by atoms with Gasteiger partial charge in [-0.3, -0.25) is 19.3 Å². The number of nitrogens with one attached hydrogen (secondary N) is 2. The van der Waals surface area contributed by atoms with Gasteiger partial charge in [0, 0.05) is 29.7 Å². The molecule has 0 aliphatic carbocycles. The molecule has 2 aliphatic heterocycles. The molecule has 1 fully saturated rings. The molecule has 2 aliphatic rings. The first-order valence-electron chi connectivity index (χ1n) is 15.1. The van der Waals surface area contributed by atoms with E-state index in [0.717, 1.165) is 45.5 Å². The maximum atomic E-state index is 14.0. The van der Waals surface area contributed by atoms with Crippen molar-refractivity contribution in [2.24, 2.45) is 0 Å². The Bertz CT molecular complexity index is 2250. The van der Waals surface area contributed by atoms with E-state index >= 15 is 0 Å². The molecule has 47 heavy (non-hydrogen) atoms. The Balaban J connectivity index is 1.28. The smallest absolute Gasteiger partial charge is 0.365 e. The van der Waals surface area contributed by atoms with Gasteiger partial charge >= 0.3 is 5.76 Å². The second kappa shape index (κ2) is 11.5. The van der Waals surface area contributed by atoms with Gasteiger partial charge in [0.1, 0.15) is 11.6 Å². The summed E-state index contributed by atoms with van der Waals surface area (Å²) in [6.45, 7) is 0.823. The maximum absolute atomic E-state index is 14.0. The minimum Gasteiger partial charge on any atom is -0.365 e. The molecule has 236 valence electrons. The molecule has 1 atom stereocenters. The lowest BCUT2D eigenvalue weighted by Gasteiger charge is -2.16. The van der Waals surface area contributed by atoms with Crippen LogP contribution < -0.4 is 11.1 Å². The zero-order chi connectivity index (χ0) is 32.2. The van der Waals surface area contributed by atoms with Gasteiger partial charge in [-0.25, -0.2) is 22.9 Å². The first kappa shape index (κ1) is 29.1. The highest BCUT2D eigenvalue weighted by molar-refractivity contribution is 7.23. The summed E-state index contributed by atoms with van der Waals surface area (Å²) in [7, 11) is 0. The summed E-state index contributed by atoms with van der Waals surface area (Å²) in [6.07, 6.45) is 4.26. The van der Waals surface area contributed by atoms with Gasteiger partial charge in [-0.1, -0.05) is 23.4 Å². The van der Waals surface area contributed by atoms with Crippen LogP contribution in [-0.2, 0) is 19.4 Å². The number of aryl methyl sites for hydroxylation is 2. The number of rotatable bonds is 8. The molecular weight excluding hydrogens is 629 g/mol. The van der Waals surface area contributed by atoms with E-state index in [1.165, 1.54) is 29.5 Å². The number of amides is 1. The molecule has 0 saturated carbocycles. The van der Waals surface area contributed by atoms with Crippen LogP contribution >= 0.6 is 11.3 Å². The number of anilines is 1. The van der Waals surface area contributed by atoms with Gasteiger partial charge in [-0.05, 0) is 78.6 Å². The zero-order valence-electron chi connectivity index (χ0n) is 24.6. The van der Waals surface area contributed by atoms with Crippen LogP contribution in [0.5, 0.6) is 0 Å².